The molecule has 0 aliphatic rings. The molecule has 0 saturated carbocycles. The minimum absolute atomic E-state index is 0.0650. The van der Waals surface area contributed by atoms with Gasteiger partial charge >= 0.3 is 24.7 Å². The van der Waals surface area contributed by atoms with E-state index in [-0.39, 0.29) is 30.3 Å². The van der Waals surface area contributed by atoms with Gasteiger partial charge in [-0.05, 0) is 64.2 Å². The van der Waals surface area contributed by atoms with E-state index in [9.17, 15) is 52.7 Å². The van der Waals surface area contributed by atoms with Crippen LogP contribution < -0.4 is 0 Å². The lowest BCUT2D eigenvalue weighted by molar-refractivity contribution is -0.143. The van der Waals surface area contributed by atoms with Crippen molar-refractivity contribution in [2.24, 2.45) is 0 Å². The summed E-state index contributed by atoms with van der Waals surface area (Å²) in [5, 5.41) is 0.386. The van der Waals surface area contributed by atoms with Crippen LogP contribution in [0.4, 0.5) is 52.7 Å². The zero-order valence-electron chi connectivity index (χ0n) is 19.9. The molecule has 0 atom stereocenters. The first-order chi connectivity index (χ1) is 18.8. The van der Waals surface area contributed by atoms with Crippen molar-refractivity contribution in [3.05, 3.63) is 106 Å². The van der Waals surface area contributed by atoms with Gasteiger partial charge in [-0.3, -0.25) is 0 Å². The van der Waals surface area contributed by atoms with Gasteiger partial charge in [0.2, 0.25) is 0 Å². The fourth-order valence-corrected chi connectivity index (χ4v) is 4.36. The van der Waals surface area contributed by atoms with E-state index in [1.54, 1.807) is 12.1 Å². The van der Waals surface area contributed by atoms with Crippen LogP contribution in [0, 0.1) is 0 Å². The average molecular weight is 613 g/mol. The van der Waals surface area contributed by atoms with E-state index in [4.69, 9.17) is 11.6 Å². The van der Waals surface area contributed by atoms with Crippen LogP contribution in [-0.4, -0.2) is 0 Å². The van der Waals surface area contributed by atoms with Gasteiger partial charge in [0.05, 0.1) is 22.3 Å². The Kier molecular flexibility index (Phi) is 7.62. The molecule has 4 rings (SSSR count). The van der Waals surface area contributed by atoms with Crippen molar-refractivity contribution in [3.63, 3.8) is 0 Å². The molecule has 0 saturated heterocycles. The lowest BCUT2D eigenvalue weighted by Gasteiger charge is -2.23. The molecule has 4 aromatic rings. The first-order valence-corrected chi connectivity index (χ1v) is 11.6. The van der Waals surface area contributed by atoms with Crippen LogP contribution in [0.5, 0.6) is 0 Å². The third-order valence-corrected chi connectivity index (χ3v) is 6.32. The maximum absolute atomic E-state index is 14.2. The normalized spacial score (nSPS) is 13.0. The first kappa shape index (κ1) is 30.3. The van der Waals surface area contributed by atoms with Gasteiger partial charge in [-0.15, -0.1) is 0 Å². The van der Waals surface area contributed by atoms with Gasteiger partial charge in [0.15, 0.2) is 0 Å². The maximum atomic E-state index is 14.2. The molecule has 0 aliphatic carbocycles. The van der Waals surface area contributed by atoms with Crippen molar-refractivity contribution < 1.29 is 52.7 Å². The number of hydrogen-bond donors (Lipinski definition) is 0. The van der Waals surface area contributed by atoms with E-state index in [0.717, 1.165) is 12.1 Å². The molecule has 0 N–H and O–H groups in total. The summed E-state index contributed by atoms with van der Waals surface area (Å²) in [6, 6.07) is 10.8. The van der Waals surface area contributed by atoms with Gasteiger partial charge in [-0.25, -0.2) is 0 Å². The van der Waals surface area contributed by atoms with Crippen LogP contribution >= 0.6 is 11.6 Å². The molecule has 0 aromatic heterocycles. The summed E-state index contributed by atoms with van der Waals surface area (Å²) in [5.41, 5.74) is -11.1. The molecule has 0 amide bonds. The quantitative estimate of drug-likeness (QED) is 0.202. The highest BCUT2D eigenvalue weighted by atomic mass is 35.5. The van der Waals surface area contributed by atoms with E-state index >= 15 is 0 Å². The number of rotatable bonds is 3. The second-order valence-corrected chi connectivity index (χ2v) is 9.22. The molecule has 0 heterocycles. The van der Waals surface area contributed by atoms with Gasteiger partial charge in [0.25, 0.3) is 0 Å². The second kappa shape index (κ2) is 10.3. The topological polar surface area (TPSA) is 0 Å². The third kappa shape index (κ3) is 6.47. The molecule has 0 spiro atoms. The largest absolute Gasteiger partial charge is 0.417 e. The van der Waals surface area contributed by atoms with Crippen molar-refractivity contribution in [2.45, 2.75) is 24.7 Å². The van der Waals surface area contributed by atoms with Crippen LogP contribution in [0.15, 0.2) is 78.9 Å². The first-order valence-electron chi connectivity index (χ1n) is 11.2. The summed E-state index contributed by atoms with van der Waals surface area (Å²) in [6.45, 7) is 0. The van der Waals surface area contributed by atoms with Crippen LogP contribution in [0.2, 0.25) is 5.02 Å². The van der Waals surface area contributed by atoms with Crippen molar-refractivity contribution in [1.29, 1.82) is 0 Å². The minimum atomic E-state index is -5.54. The molecule has 0 nitrogen and oxygen atoms in total. The Morgan fingerprint density at radius 2 is 0.805 bits per heavy atom. The Morgan fingerprint density at radius 3 is 1.22 bits per heavy atom. The van der Waals surface area contributed by atoms with Crippen LogP contribution in [0.25, 0.3) is 33.4 Å². The van der Waals surface area contributed by atoms with Crippen molar-refractivity contribution >= 4 is 11.6 Å². The Balaban J connectivity index is 1.99. The van der Waals surface area contributed by atoms with Crippen molar-refractivity contribution in [3.8, 4) is 33.4 Å². The lowest BCUT2D eigenvalue weighted by atomic mass is 9.87. The number of alkyl halides is 12. The van der Waals surface area contributed by atoms with E-state index in [1.165, 1.54) is 24.3 Å². The number of halogens is 13. The molecular formula is C28H13ClF12. The van der Waals surface area contributed by atoms with Crippen LogP contribution in [-0.2, 0) is 24.7 Å². The minimum Gasteiger partial charge on any atom is -0.166 e. The molecule has 0 unspecified atom stereocenters. The number of benzene rings is 4. The molecule has 4 aromatic carbocycles. The second-order valence-electron chi connectivity index (χ2n) is 8.78. The summed E-state index contributed by atoms with van der Waals surface area (Å²) in [4.78, 5) is 0. The summed E-state index contributed by atoms with van der Waals surface area (Å²) in [5.74, 6) is 0. The molecule has 41 heavy (non-hydrogen) atoms. The highest BCUT2D eigenvalue weighted by Crippen LogP contribution is 2.49. The molecule has 0 radical (unpaired) electrons. The Hall–Kier alpha value is -3.67. The Labute approximate surface area is 228 Å². The van der Waals surface area contributed by atoms with E-state index < -0.39 is 69.2 Å². The standard InChI is InChI=1S/C28H13ClF12/c29-19-8-5-15(6-9-19)14-1-3-16(4-2-14)24-22(27(36,37)38)11-17(12-23(24)28(39,40)41)20-10-7-18(25(30,31)32)13-21(20)26(33,34)35/h1-13H. The molecule has 0 aliphatic heterocycles. The highest BCUT2D eigenvalue weighted by Gasteiger charge is 2.43. The highest BCUT2D eigenvalue weighted by molar-refractivity contribution is 6.30. The Morgan fingerprint density at radius 1 is 0.390 bits per heavy atom. The average Bonchev–Trinajstić information content (AvgIpc) is 2.86. The molecule has 13 heteroatoms. The number of hydrogen-bond acceptors (Lipinski definition) is 0. The summed E-state index contributed by atoms with van der Waals surface area (Å²) in [7, 11) is 0. The van der Waals surface area contributed by atoms with Crippen molar-refractivity contribution in [2.75, 3.05) is 0 Å². The zero-order valence-corrected chi connectivity index (χ0v) is 20.7. The SMILES string of the molecule is FC(F)(F)c1ccc(-c2cc(C(F)(F)F)c(-c3ccc(-c4ccc(Cl)cc4)cc3)c(C(F)(F)F)c2)c(C(F)(F)F)c1. The molecular weight excluding hydrogens is 600 g/mol. The zero-order chi connectivity index (χ0) is 30.5. The maximum Gasteiger partial charge on any atom is 0.417 e. The predicted molar refractivity (Wildman–Crippen MR) is 128 cm³/mol. The monoisotopic (exact) mass is 612 g/mol. The lowest BCUT2D eigenvalue weighted by Crippen LogP contribution is -2.16. The van der Waals surface area contributed by atoms with E-state index in [0.29, 0.717) is 16.1 Å². The van der Waals surface area contributed by atoms with Crippen LogP contribution in [0.3, 0.4) is 0 Å². The van der Waals surface area contributed by atoms with Crippen LogP contribution in [0.1, 0.15) is 22.3 Å². The fourth-order valence-electron chi connectivity index (χ4n) is 4.23. The summed E-state index contributed by atoms with van der Waals surface area (Å²) < 4.78 is 165. The summed E-state index contributed by atoms with van der Waals surface area (Å²) in [6.07, 6.45) is -21.8. The molecule has 216 valence electrons. The predicted octanol–water partition coefficient (Wildman–Crippen LogP) is 11.4. The van der Waals surface area contributed by atoms with Crippen molar-refractivity contribution in [1.82, 2.24) is 0 Å². The Bertz CT molecular complexity index is 1520. The third-order valence-electron chi connectivity index (χ3n) is 6.06. The molecule has 0 fully saturated rings. The van der Waals surface area contributed by atoms with Gasteiger partial charge in [0.1, 0.15) is 0 Å². The molecule has 0 bridgehead atoms. The van der Waals surface area contributed by atoms with Gasteiger partial charge in [0, 0.05) is 10.6 Å². The fraction of sp³-hybridized carbons (Fsp3) is 0.143. The van der Waals surface area contributed by atoms with Gasteiger partial charge in [-0.2, -0.15) is 52.7 Å². The van der Waals surface area contributed by atoms with Gasteiger partial charge in [-0.1, -0.05) is 54.1 Å². The van der Waals surface area contributed by atoms with E-state index in [2.05, 4.69) is 0 Å². The smallest absolute Gasteiger partial charge is 0.166 e. The van der Waals surface area contributed by atoms with E-state index in [1.807, 2.05) is 0 Å². The summed E-state index contributed by atoms with van der Waals surface area (Å²) >= 11 is 5.82. The van der Waals surface area contributed by atoms with Gasteiger partial charge < -0.3 is 0 Å².